The van der Waals surface area contributed by atoms with Gasteiger partial charge in [0.05, 0.1) is 6.04 Å². The van der Waals surface area contributed by atoms with Crippen LogP contribution in [0, 0.1) is 5.92 Å². The summed E-state index contributed by atoms with van der Waals surface area (Å²) in [7, 11) is 0. The van der Waals surface area contributed by atoms with Gasteiger partial charge in [0.2, 0.25) is 11.8 Å². The summed E-state index contributed by atoms with van der Waals surface area (Å²) in [4.78, 5) is 23.0. The number of hydrogen-bond donors (Lipinski definition) is 3. The number of hydrogen-bond acceptors (Lipinski definition) is 3. The largest absolute Gasteiger partial charge is 0.326 e. The van der Waals surface area contributed by atoms with E-state index in [9.17, 15) is 9.59 Å². The zero-order valence-electron chi connectivity index (χ0n) is 10.7. The van der Waals surface area contributed by atoms with E-state index in [-0.39, 0.29) is 30.1 Å². The maximum Gasteiger partial charge on any atom is 0.240 e. The van der Waals surface area contributed by atoms with Gasteiger partial charge in [0.25, 0.3) is 0 Å². The van der Waals surface area contributed by atoms with Crippen LogP contribution >= 0.6 is 12.4 Å². The third kappa shape index (κ3) is 4.54. The van der Waals surface area contributed by atoms with E-state index in [1.54, 1.807) is 31.2 Å². The zero-order valence-corrected chi connectivity index (χ0v) is 11.5. The van der Waals surface area contributed by atoms with Crippen LogP contribution < -0.4 is 16.4 Å². The second-order valence-corrected chi connectivity index (χ2v) is 4.62. The summed E-state index contributed by atoms with van der Waals surface area (Å²) in [5, 5.41) is 5.51. The van der Waals surface area contributed by atoms with Gasteiger partial charge in [0.1, 0.15) is 0 Å². The van der Waals surface area contributed by atoms with Crippen LogP contribution in [0.15, 0.2) is 24.3 Å². The van der Waals surface area contributed by atoms with Crippen LogP contribution in [0.3, 0.4) is 0 Å². The average molecular weight is 284 g/mol. The smallest absolute Gasteiger partial charge is 0.240 e. The van der Waals surface area contributed by atoms with Gasteiger partial charge in [0, 0.05) is 17.3 Å². The molecule has 1 aliphatic carbocycles. The monoisotopic (exact) mass is 283 g/mol. The van der Waals surface area contributed by atoms with Gasteiger partial charge < -0.3 is 16.4 Å². The van der Waals surface area contributed by atoms with Crippen LogP contribution in [0.2, 0.25) is 0 Å². The van der Waals surface area contributed by atoms with Crippen molar-refractivity contribution < 1.29 is 9.59 Å². The molecule has 4 N–H and O–H groups in total. The fraction of sp³-hybridized carbons (Fsp3) is 0.385. The molecule has 104 valence electrons. The summed E-state index contributed by atoms with van der Waals surface area (Å²) in [5.74, 6) is -0.0429. The molecule has 2 amide bonds. The van der Waals surface area contributed by atoms with Crippen molar-refractivity contribution in [2.75, 3.05) is 10.6 Å². The first kappa shape index (κ1) is 15.5. The minimum Gasteiger partial charge on any atom is -0.326 e. The first-order valence-electron chi connectivity index (χ1n) is 6.03. The lowest BCUT2D eigenvalue weighted by Crippen LogP contribution is -2.32. The molecule has 2 rings (SSSR count). The van der Waals surface area contributed by atoms with E-state index < -0.39 is 6.04 Å². The fourth-order valence-corrected chi connectivity index (χ4v) is 1.52. The molecule has 1 aromatic carbocycles. The summed E-state index contributed by atoms with van der Waals surface area (Å²) in [5.41, 5.74) is 6.79. The second kappa shape index (κ2) is 6.54. The van der Waals surface area contributed by atoms with Gasteiger partial charge in [-0.1, -0.05) is 6.07 Å². The van der Waals surface area contributed by atoms with Crippen LogP contribution in [-0.2, 0) is 9.59 Å². The molecule has 1 aliphatic rings. The quantitative estimate of drug-likeness (QED) is 0.787. The van der Waals surface area contributed by atoms with Crippen molar-refractivity contribution in [1.82, 2.24) is 0 Å². The third-order valence-electron chi connectivity index (χ3n) is 2.76. The Morgan fingerprint density at radius 2 is 1.84 bits per heavy atom. The van der Waals surface area contributed by atoms with Gasteiger partial charge in [0.15, 0.2) is 0 Å². The standard InChI is InChI=1S/C13H17N3O2.ClH/c1-8(14)12(17)15-10-3-2-4-11(7-10)16-13(18)9-5-6-9;/h2-4,7-9H,5-6,14H2,1H3,(H,15,17)(H,16,18);1H/t8-;/m1./s1. The molecule has 6 heteroatoms. The van der Waals surface area contributed by atoms with Crippen LogP contribution in [0.25, 0.3) is 0 Å². The van der Waals surface area contributed by atoms with E-state index in [4.69, 9.17) is 5.73 Å². The van der Waals surface area contributed by atoms with Crippen molar-refractivity contribution in [3.8, 4) is 0 Å². The summed E-state index contributed by atoms with van der Waals surface area (Å²) in [6.45, 7) is 1.62. The minimum atomic E-state index is -0.560. The molecule has 0 aromatic heterocycles. The summed E-state index contributed by atoms with van der Waals surface area (Å²) in [6.07, 6.45) is 1.93. The molecule has 0 spiro atoms. The number of rotatable bonds is 4. The van der Waals surface area contributed by atoms with Crippen LogP contribution in [0.1, 0.15) is 19.8 Å². The Bertz CT molecular complexity index is 441. The number of benzene rings is 1. The Morgan fingerprint density at radius 3 is 2.37 bits per heavy atom. The van der Waals surface area contributed by atoms with E-state index in [2.05, 4.69) is 10.6 Å². The number of nitrogens with two attached hydrogens (primary N) is 1. The Morgan fingerprint density at radius 1 is 1.26 bits per heavy atom. The number of halogens is 1. The lowest BCUT2D eigenvalue weighted by molar-refractivity contribution is -0.117. The molecule has 0 bridgehead atoms. The highest BCUT2D eigenvalue weighted by atomic mass is 35.5. The number of carbonyl (C=O) groups excluding carboxylic acids is 2. The zero-order chi connectivity index (χ0) is 13.1. The lowest BCUT2D eigenvalue weighted by Gasteiger charge is -2.10. The third-order valence-corrected chi connectivity index (χ3v) is 2.76. The number of anilines is 2. The van der Waals surface area contributed by atoms with Crippen LogP contribution in [-0.4, -0.2) is 17.9 Å². The minimum absolute atomic E-state index is 0. The van der Waals surface area contributed by atoms with Gasteiger partial charge >= 0.3 is 0 Å². The van der Waals surface area contributed by atoms with Crippen LogP contribution in [0.4, 0.5) is 11.4 Å². The van der Waals surface area contributed by atoms with E-state index in [1.807, 2.05) is 0 Å². The number of amides is 2. The molecular formula is C13H18ClN3O2. The summed E-state index contributed by atoms with van der Waals surface area (Å²) in [6, 6.07) is 6.49. The normalized spacial score (nSPS) is 15.1. The van der Waals surface area contributed by atoms with Gasteiger partial charge in [-0.05, 0) is 38.0 Å². The van der Waals surface area contributed by atoms with E-state index in [1.165, 1.54) is 0 Å². The van der Waals surface area contributed by atoms with Gasteiger partial charge in [-0.25, -0.2) is 0 Å². The number of carbonyl (C=O) groups is 2. The topological polar surface area (TPSA) is 84.2 Å². The molecular weight excluding hydrogens is 266 g/mol. The molecule has 1 fully saturated rings. The Kier molecular flexibility index (Phi) is 5.32. The average Bonchev–Trinajstić information content (AvgIpc) is 3.12. The molecule has 19 heavy (non-hydrogen) atoms. The van der Waals surface area contributed by atoms with Gasteiger partial charge in [-0.15, -0.1) is 12.4 Å². The number of nitrogens with one attached hydrogen (secondary N) is 2. The SMILES string of the molecule is C[C@@H](N)C(=O)Nc1cccc(NC(=O)C2CC2)c1.Cl. The predicted octanol–water partition coefficient (Wildman–Crippen LogP) is 1.74. The highest BCUT2D eigenvalue weighted by Crippen LogP contribution is 2.30. The molecule has 0 saturated heterocycles. The first-order valence-corrected chi connectivity index (χ1v) is 6.03. The van der Waals surface area contributed by atoms with Crippen molar-refractivity contribution in [1.29, 1.82) is 0 Å². The van der Waals surface area contributed by atoms with Crippen molar-refractivity contribution >= 4 is 35.6 Å². The molecule has 5 nitrogen and oxygen atoms in total. The van der Waals surface area contributed by atoms with E-state index >= 15 is 0 Å². The molecule has 1 atom stereocenters. The Labute approximate surface area is 118 Å². The molecule has 0 unspecified atom stereocenters. The highest BCUT2D eigenvalue weighted by Gasteiger charge is 2.29. The molecule has 1 aromatic rings. The molecule has 0 heterocycles. The van der Waals surface area contributed by atoms with Crippen LogP contribution in [0.5, 0.6) is 0 Å². The van der Waals surface area contributed by atoms with Gasteiger partial charge in [-0.2, -0.15) is 0 Å². The van der Waals surface area contributed by atoms with E-state index in [0.717, 1.165) is 12.8 Å². The lowest BCUT2D eigenvalue weighted by atomic mass is 10.2. The molecule has 1 saturated carbocycles. The van der Waals surface area contributed by atoms with Gasteiger partial charge in [-0.3, -0.25) is 9.59 Å². The second-order valence-electron chi connectivity index (χ2n) is 4.62. The Hall–Kier alpha value is -1.59. The van der Waals surface area contributed by atoms with Crippen molar-refractivity contribution in [2.24, 2.45) is 11.7 Å². The molecule has 0 radical (unpaired) electrons. The predicted molar refractivity (Wildman–Crippen MR) is 77.3 cm³/mol. The van der Waals surface area contributed by atoms with Crippen molar-refractivity contribution in [3.05, 3.63) is 24.3 Å². The first-order chi connectivity index (χ1) is 8.56. The molecule has 0 aliphatic heterocycles. The highest BCUT2D eigenvalue weighted by molar-refractivity contribution is 5.97. The van der Waals surface area contributed by atoms with Crippen molar-refractivity contribution in [3.63, 3.8) is 0 Å². The fourth-order valence-electron chi connectivity index (χ4n) is 1.52. The maximum atomic E-state index is 11.6. The summed E-state index contributed by atoms with van der Waals surface area (Å²) < 4.78 is 0. The van der Waals surface area contributed by atoms with Crippen molar-refractivity contribution in [2.45, 2.75) is 25.8 Å². The summed E-state index contributed by atoms with van der Waals surface area (Å²) >= 11 is 0. The maximum absolute atomic E-state index is 11.6. The van der Waals surface area contributed by atoms with E-state index in [0.29, 0.717) is 11.4 Å². The Balaban J connectivity index is 0.00000180.